The minimum Gasteiger partial charge on any atom is -0.434 e. The van der Waals surface area contributed by atoms with Gasteiger partial charge >= 0.3 is 6.61 Å². The van der Waals surface area contributed by atoms with Crippen LogP contribution in [-0.4, -0.2) is 26.4 Å². The molecular weight excluding hydrogens is 320 g/mol. The summed E-state index contributed by atoms with van der Waals surface area (Å²) in [6.07, 6.45) is 0.882. The fraction of sp³-hybridized carbons (Fsp3) is 0.538. The van der Waals surface area contributed by atoms with Crippen molar-refractivity contribution in [2.24, 2.45) is 0 Å². The van der Waals surface area contributed by atoms with E-state index in [0.29, 0.717) is 25.3 Å². The molecule has 0 spiro atoms. The maximum absolute atomic E-state index is 12.3. The number of hydrogen-bond donors (Lipinski definition) is 1. The lowest BCUT2D eigenvalue weighted by atomic mass is 10.2. The van der Waals surface area contributed by atoms with Crippen LogP contribution in [0.1, 0.15) is 18.9 Å². The molecule has 108 valence electrons. The number of benzene rings is 1. The van der Waals surface area contributed by atoms with Gasteiger partial charge in [-0.2, -0.15) is 8.78 Å². The Morgan fingerprint density at radius 3 is 2.84 bits per heavy atom. The zero-order chi connectivity index (χ0) is 14.1. The van der Waals surface area contributed by atoms with Crippen LogP contribution in [0.3, 0.4) is 0 Å². The molecule has 6 heteroatoms. The van der Waals surface area contributed by atoms with Gasteiger partial charge in [0.2, 0.25) is 0 Å². The molecule has 19 heavy (non-hydrogen) atoms. The summed E-state index contributed by atoms with van der Waals surface area (Å²) in [6.45, 7) is 1.79. The van der Waals surface area contributed by atoms with E-state index in [-0.39, 0.29) is 5.75 Å². The minimum absolute atomic E-state index is 0.204. The van der Waals surface area contributed by atoms with Gasteiger partial charge < -0.3 is 14.8 Å². The van der Waals surface area contributed by atoms with Gasteiger partial charge in [0.15, 0.2) is 0 Å². The average molecular weight is 338 g/mol. The molecule has 0 heterocycles. The Balaban J connectivity index is 2.44. The Morgan fingerprint density at radius 1 is 1.37 bits per heavy atom. The molecule has 0 unspecified atom stereocenters. The topological polar surface area (TPSA) is 30.5 Å². The van der Waals surface area contributed by atoms with Crippen molar-refractivity contribution in [3.8, 4) is 5.75 Å². The van der Waals surface area contributed by atoms with Crippen LogP contribution in [0, 0.1) is 0 Å². The SMILES string of the molecule is CCOCCCNCc1cc(Br)ccc1OC(F)F. The molecule has 3 nitrogen and oxygen atoms in total. The van der Waals surface area contributed by atoms with Crippen molar-refractivity contribution in [1.82, 2.24) is 5.32 Å². The van der Waals surface area contributed by atoms with Crippen molar-refractivity contribution in [2.45, 2.75) is 26.5 Å². The monoisotopic (exact) mass is 337 g/mol. The molecule has 1 aromatic rings. The minimum atomic E-state index is -2.81. The van der Waals surface area contributed by atoms with Crippen molar-refractivity contribution in [1.29, 1.82) is 0 Å². The summed E-state index contributed by atoms with van der Waals surface area (Å²) in [5.74, 6) is 0.204. The third-order valence-corrected chi connectivity index (χ3v) is 2.89. The normalized spacial score (nSPS) is 11.0. The molecule has 0 aromatic heterocycles. The molecule has 0 amide bonds. The van der Waals surface area contributed by atoms with E-state index in [1.165, 1.54) is 6.07 Å². The number of halogens is 3. The van der Waals surface area contributed by atoms with Crippen LogP contribution in [0.4, 0.5) is 8.78 Å². The van der Waals surface area contributed by atoms with Crippen molar-refractivity contribution >= 4 is 15.9 Å². The number of alkyl halides is 2. The maximum atomic E-state index is 12.3. The second-order valence-electron chi connectivity index (χ2n) is 3.86. The van der Waals surface area contributed by atoms with E-state index in [2.05, 4.69) is 26.0 Å². The molecular formula is C13H18BrF2NO2. The standard InChI is InChI=1S/C13H18BrF2NO2/c1-2-18-7-3-6-17-9-10-8-11(14)4-5-12(10)19-13(15)16/h4-5,8,13,17H,2-3,6-7,9H2,1H3. The molecule has 0 saturated carbocycles. The quantitative estimate of drug-likeness (QED) is 0.699. The highest BCUT2D eigenvalue weighted by atomic mass is 79.9. The summed E-state index contributed by atoms with van der Waals surface area (Å²) in [4.78, 5) is 0. The number of nitrogens with one attached hydrogen (secondary N) is 1. The smallest absolute Gasteiger partial charge is 0.387 e. The summed E-state index contributed by atoms with van der Waals surface area (Å²) in [7, 11) is 0. The van der Waals surface area contributed by atoms with E-state index in [1.807, 2.05) is 6.92 Å². The molecule has 0 atom stereocenters. The van der Waals surface area contributed by atoms with E-state index in [0.717, 1.165) is 17.4 Å². The van der Waals surface area contributed by atoms with Gasteiger partial charge in [0.25, 0.3) is 0 Å². The van der Waals surface area contributed by atoms with Gasteiger partial charge in [-0.15, -0.1) is 0 Å². The van der Waals surface area contributed by atoms with E-state index >= 15 is 0 Å². The lowest BCUT2D eigenvalue weighted by molar-refractivity contribution is -0.0505. The van der Waals surface area contributed by atoms with E-state index < -0.39 is 6.61 Å². The molecule has 0 aliphatic heterocycles. The third-order valence-electron chi connectivity index (χ3n) is 2.40. The van der Waals surface area contributed by atoms with Gasteiger partial charge in [0.05, 0.1) is 0 Å². The summed E-state index contributed by atoms with van der Waals surface area (Å²) in [5, 5.41) is 3.18. The molecule has 1 N–H and O–H groups in total. The van der Waals surface area contributed by atoms with Gasteiger partial charge in [-0.1, -0.05) is 15.9 Å². The zero-order valence-electron chi connectivity index (χ0n) is 10.8. The fourth-order valence-corrected chi connectivity index (χ4v) is 1.97. The largest absolute Gasteiger partial charge is 0.434 e. The highest BCUT2D eigenvalue weighted by Gasteiger charge is 2.09. The molecule has 0 radical (unpaired) electrons. The number of ether oxygens (including phenoxy) is 2. The Hall–Kier alpha value is -0.720. The Bertz CT molecular complexity index is 378. The van der Waals surface area contributed by atoms with Crippen molar-refractivity contribution in [3.63, 3.8) is 0 Å². The van der Waals surface area contributed by atoms with Gasteiger partial charge in [-0.05, 0) is 38.1 Å². The molecule has 1 aromatic carbocycles. The van der Waals surface area contributed by atoms with E-state index in [4.69, 9.17) is 4.74 Å². The van der Waals surface area contributed by atoms with Crippen LogP contribution in [0.2, 0.25) is 0 Å². The van der Waals surface area contributed by atoms with Gasteiger partial charge in [-0.3, -0.25) is 0 Å². The predicted molar refractivity (Wildman–Crippen MR) is 73.6 cm³/mol. The molecule has 0 saturated heterocycles. The molecule has 0 aliphatic rings. The molecule has 0 bridgehead atoms. The lowest BCUT2D eigenvalue weighted by Gasteiger charge is -2.12. The van der Waals surface area contributed by atoms with E-state index in [1.54, 1.807) is 12.1 Å². The van der Waals surface area contributed by atoms with Gasteiger partial charge in [-0.25, -0.2) is 0 Å². The highest BCUT2D eigenvalue weighted by Crippen LogP contribution is 2.24. The summed E-state index contributed by atoms with van der Waals surface area (Å²) in [5.41, 5.74) is 0.700. The Labute approximate surface area is 120 Å². The van der Waals surface area contributed by atoms with Crippen molar-refractivity contribution < 1.29 is 18.3 Å². The average Bonchev–Trinajstić information content (AvgIpc) is 2.36. The Morgan fingerprint density at radius 2 is 2.16 bits per heavy atom. The molecule has 1 rings (SSSR count). The molecule has 0 fully saturated rings. The second kappa shape index (κ2) is 9.23. The first-order valence-electron chi connectivity index (χ1n) is 6.15. The number of rotatable bonds is 9. The second-order valence-corrected chi connectivity index (χ2v) is 4.77. The van der Waals surface area contributed by atoms with Crippen LogP contribution in [0.25, 0.3) is 0 Å². The first-order valence-corrected chi connectivity index (χ1v) is 6.94. The van der Waals surface area contributed by atoms with Crippen LogP contribution in [0.15, 0.2) is 22.7 Å². The van der Waals surface area contributed by atoms with Gasteiger partial charge in [0, 0.05) is 29.8 Å². The summed E-state index contributed by atoms with van der Waals surface area (Å²) < 4.78 is 35.0. The van der Waals surface area contributed by atoms with E-state index in [9.17, 15) is 8.78 Å². The predicted octanol–water partition coefficient (Wildman–Crippen LogP) is 3.57. The summed E-state index contributed by atoms with van der Waals surface area (Å²) in [6, 6.07) is 4.98. The van der Waals surface area contributed by atoms with Crippen LogP contribution >= 0.6 is 15.9 Å². The van der Waals surface area contributed by atoms with Crippen LogP contribution in [-0.2, 0) is 11.3 Å². The highest BCUT2D eigenvalue weighted by molar-refractivity contribution is 9.10. The van der Waals surface area contributed by atoms with Crippen LogP contribution < -0.4 is 10.1 Å². The first-order chi connectivity index (χ1) is 9.13. The lowest BCUT2D eigenvalue weighted by Crippen LogP contribution is -2.17. The third kappa shape index (κ3) is 6.84. The van der Waals surface area contributed by atoms with Crippen molar-refractivity contribution in [2.75, 3.05) is 19.8 Å². The number of hydrogen-bond acceptors (Lipinski definition) is 3. The van der Waals surface area contributed by atoms with Crippen LogP contribution in [0.5, 0.6) is 5.75 Å². The first kappa shape index (κ1) is 16.3. The summed E-state index contributed by atoms with van der Waals surface area (Å²) >= 11 is 3.31. The van der Waals surface area contributed by atoms with Gasteiger partial charge in [0.1, 0.15) is 5.75 Å². The zero-order valence-corrected chi connectivity index (χ0v) is 12.4. The fourth-order valence-electron chi connectivity index (χ4n) is 1.56. The maximum Gasteiger partial charge on any atom is 0.387 e. The molecule has 0 aliphatic carbocycles. The van der Waals surface area contributed by atoms with Crippen molar-refractivity contribution in [3.05, 3.63) is 28.2 Å². The Kier molecular flexibility index (Phi) is 7.93.